The molecule has 688 valence electrons. The average Bonchev–Trinajstić information content (AvgIpc) is 0.705. The van der Waals surface area contributed by atoms with Gasteiger partial charge in [-0.25, -0.2) is 22.0 Å². The highest BCUT2D eigenvalue weighted by Crippen LogP contribution is 2.59. The van der Waals surface area contributed by atoms with Crippen molar-refractivity contribution in [3.8, 4) is 23.3 Å². The molecule has 2 unspecified atom stereocenters. The predicted octanol–water partition coefficient (Wildman–Crippen LogP) is 3.36. The van der Waals surface area contributed by atoms with Gasteiger partial charge in [0.25, 0.3) is 17.7 Å². The van der Waals surface area contributed by atoms with Crippen LogP contribution >= 0.6 is 0 Å². The second-order valence-corrected chi connectivity index (χ2v) is 35.1. The van der Waals surface area contributed by atoms with Crippen LogP contribution in [0.15, 0.2) is 105 Å². The number of nitriles is 1. The van der Waals surface area contributed by atoms with Gasteiger partial charge in [0.1, 0.15) is 81.9 Å². The zero-order chi connectivity index (χ0) is 95.4. The number of phenolic OH excluding ortho intramolecular Hbond substituents is 3. The van der Waals surface area contributed by atoms with Crippen molar-refractivity contribution in [3.05, 3.63) is 190 Å². The first kappa shape index (κ1) is 95.5. The van der Waals surface area contributed by atoms with Crippen molar-refractivity contribution in [2.75, 3.05) is 113 Å². The zero-order valence-electron chi connectivity index (χ0n) is 72.5. The van der Waals surface area contributed by atoms with Crippen molar-refractivity contribution in [2.45, 2.75) is 112 Å². The van der Waals surface area contributed by atoms with Crippen LogP contribution in [0.1, 0.15) is 86.0 Å². The number of carbonyl (C=O) groups is 9. The summed E-state index contributed by atoms with van der Waals surface area (Å²) in [5, 5.41) is 155. The summed E-state index contributed by atoms with van der Waals surface area (Å²) < 4.78 is 66.8. The summed E-state index contributed by atoms with van der Waals surface area (Å²) in [6.07, 6.45) is 0.380. The topological polar surface area (TPSA) is 554 Å². The summed E-state index contributed by atoms with van der Waals surface area (Å²) in [5.41, 5.74) is 10.2. The number of Topliss-reactive ketones (excluding diaryl/α,β-unsaturated/α-hetero) is 6. The Morgan fingerprint density at radius 1 is 0.450 bits per heavy atom. The van der Waals surface area contributed by atoms with Crippen LogP contribution in [-0.2, 0) is 95.1 Å². The third kappa shape index (κ3) is 15.8. The molecule has 39 heteroatoms. The lowest BCUT2D eigenvalue weighted by Gasteiger charge is -2.50. The Labute approximate surface area is 736 Å². The number of carbonyl (C=O) groups excluding carboxylic acids is 9. The largest absolute Gasteiger partial charge is 0.508 e. The summed E-state index contributed by atoms with van der Waals surface area (Å²) in [6, 6.07) is 11.3. The standard InChI is InChI=1S/C32H35N5O7.C31H33F3N4O7.C27H34F2N4O7/c1-36(2)21-11-18(14-35-13-16-7-5-15(12-33)6-8-16)26(38)23-19(21)9-17-10-20-25(37(3)4)28(40)24(31(34)43)30(42)32(20,44)29(41)22(17)27(23)39;1-37(2)19-9-14(11-36-10-12-5-17(32)23(34)18(33)6-12)25(39)21-15(19)7-13-8-16-24(38(3)4)27(41)22(30(35)44)29(43)31(16,45)28(42)20(13)26(21)40;1-32(2)16-7-12(10-31-13(8-28)9-29)21(34)18-14(16)5-11-6-15-20(33(3)4)23(36)19(26(30)39)25(38)27(15,40)24(37)17(11)22(18)35/h5-8,11,17,20,25,35,38-39,42,44H,9-10,13-14H2,1-4H3,(H2,34,43);5-6,9,13,16,24,36,39-40,43,45H,7-8,10-11H2,1-4H3,(H2,35,44);7,11,13,15,20,31,34-35,38,40H,5-6,8-10H2,1-4H3,(H2,30,39)/t17-,20-,25?,32-;13-,16-,24?,31-;11-,15-,20-,27-/m000/s1. The Balaban J connectivity index is 0.000000176. The highest BCUT2D eigenvalue weighted by molar-refractivity contribution is 6.27. The SMILES string of the molecule is CN(C)c1cc(CNC(CF)CF)c(O)c2c1C[C@H]1C[C@H]3[C@H](N(C)C)C(=O)C(C(N)=O)=C(O)[C@@]3(O)C(=O)C1=C2O.CN(C)c1cc(CNCc2cc(F)c(F)c(F)c2)c(O)c2c1C[C@H]1C[C@H]3C(N(C)C)C(=O)C(C(N)=O)=C(O)[C@@]3(O)C(=O)C1=C2O.CN(C)c1cc(CNCc2ccc(C#N)cc2)c(O)c2c1C[C@H]1C[C@H]3C(N(C)C)C(=O)C(C(N)=O)=C(O)[C@@]3(O)C(=O)C1=C2O. The van der Waals surface area contributed by atoms with Crippen molar-refractivity contribution < 1.29 is 126 Å². The number of hydrogen-bond acceptors (Lipinski definition) is 31. The van der Waals surface area contributed by atoms with Crippen LogP contribution < -0.4 is 47.9 Å². The second-order valence-electron chi connectivity index (χ2n) is 35.1. The molecule has 14 rings (SSSR count). The molecule has 0 aromatic heterocycles. The number of fused-ring (bicyclic) bond motifs is 9. The lowest BCUT2D eigenvalue weighted by molar-refractivity contribution is -0.155. The van der Waals surface area contributed by atoms with Gasteiger partial charge in [0, 0.05) is 143 Å². The number of aliphatic hydroxyl groups excluding tert-OH is 6. The molecule has 0 bridgehead atoms. The van der Waals surface area contributed by atoms with Gasteiger partial charge in [0.2, 0.25) is 17.3 Å². The first-order valence-corrected chi connectivity index (χ1v) is 41.0. The molecule has 3 saturated carbocycles. The maximum atomic E-state index is 14.1. The number of nitrogens with zero attached hydrogens (tertiary/aromatic N) is 7. The van der Waals surface area contributed by atoms with E-state index in [-0.39, 0.29) is 121 Å². The molecule has 0 radical (unpaired) electrons. The molecule has 5 aromatic carbocycles. The zero-order valence-corrected chi connectivity index (χ0v) is 72.5. The number of aromatic hydroxyl groups is 3. The fourth-order valence-corrected chi connectivity index (χ4v) is 20.1. The molecule has 5 aromatic rings. The highest BCUT2D eigenvalue weighted by atomic mass is 19.2. The Morgan fingerprint density at radius 3 is 1.00 bits per heavy atom. The lowest BCUT2D eigenvalue weighted by atomic mass is 9.57. The minimum Gasteiger partial charge on any atom is -0.508 e. The van der Waals surface area contributed by atoms with E-state index in [4.69, 9.17) is 22.5 Å². The molecule has 0 heterocycles. The van der Waals surface area contributed by atoms with E-state index in [0.29, 0.717) is 51.4 Å². The van der Waals surface area contributed by atoms with Gasteiger partial charge in [-0.1, -0.05) is 12.1 Å². The van der Waals surface area contributed by atoms with E-state index in [1.54, 1.807) is 82.4 Å². The maximum absolute atomic E-state index is 14.1. The number of phenols is 3. The van der Waals surface area contributed by atoms with Crippen molar-refractivity contribution in [3.63, 3.8) is 0 Å². The molecule has 9 aliphatic rings. The summed E-state index contributed by atoms with van der Waals surface area (Å²) in [4.78, 5) is 128. The Morgan fingerprint density at radius 2 is 0.736 bits per heavy atom. The van der Waals surface area contributed by atoms with Crippen LogP contribution in [0, 0.1) is 64.3 Å². The molecule has 34 nitrogen and oxygen atoms in total. The average molecular weight is 1800 g/mol. The monoisotopic (exact) mass is 1800 g/mol. The third-order valence-electron chi connectivity index (χ3n) is 26.1. The number of hydrogen-bond donors (Lipinski definition) is 18. The van der Waals surface area contributed by atoms with Crippen molar-refractivity contribution >= 4 is 86.8 Å². The fraction of sp³-hybridized carbons (Fsp3) is 0.422. The number of anilines is 3. The number of nitrogens with two attached hydrogens (primary N) is 3. The van der Waals surface area contributed by atoms with Crippen LogP contribution in [0.2, 0.25) is 0 Å². The molecule has 9 aliphatic carbocycles. The fourth-order valence-electron chi connectivity index (χ4n) is 20.1. The van der Waals surface area contributed by atoms with Gasteiger partial charge in [0.05, 0.1) is 52.5 Å². The van der Waals surface area contributed by atoms with E-state index in [9.17, 15) is 126 Å². The molecule has 3 amide bonds. The molecular formula is C90H102F5N13O21. The number of ketones is 6. The molecule has 12 atom stereocenters. The summed E-state index contributed by atoms with van der Waals surface area (Å²) >= 11 is 0. The second kappa shape index (κ2) is 35.8. The van der Waals surface area contributed by atoms with Gasteiger partial charge in [-0.05, 0) is 169 Å². The van der Waals surface area contributed by atoms with E-state index < -0.39 is 222 Å². The smallest absolute Gasteiger partial charge is 0.255 e. The number of halogens is 5. The molecule has 3 fully saturated rings. The quantitative estimate of drug-likeness (QED) is 0.0268. The van der Waals surface area contributed by atoms with Crippen LogP contribution in [0.25, 0.3) is 17.3 Å². The van der Waals surface area contributed by atoms with Gasteiger partial charge in [0.15, 0.2) is 51.6 Å². The number of amides is 3. The van der Waals surface area contributed by atoms with E-state index in [2.05, 4.69) is 22.0 Å². The number of benzene rings is 5. The number of rotatable bonds is 22. The van der Waals surface area contributed by atoms with Gasteiger partial charge in [-0.2, -0.15) is 5.26 Å². The first-order chi connectivity index (χ1) is 60.5. The first-order valence-electron chi connectivity index (χ1n) is 41.0. The number of alkyl halides is 2. The molecule has 0 saturated heterocycles. The summed E-state index contributed by atoms with van der Waals surface area (Å²) in [6.45, 7) is -1.66. The van der Waals surface area contributed by atoms with Gasteiger partial charge in [-0.3, -0.25) is 57.9 Å². The Kier molecular flexibility index (Phi) is 26.5. The molecule has 0 aliphatic heterocycles. The molecule has 0 spiro atoms. The van der Waals surface area contributed by atoms with Crippen LogP contribution in [0.4, 0.5) is 39.0 Å². The molecular weight excluding hydrogens is 1690 g/mol. The Bertz CT molecular complexity index is 5830. The van der Waals surface area contributed by atoms with Crippen molar-refractivity contribution in [2.24, 2.45) is 52.7 Å². The third-order valence-corrected chi connectivity index (χ3v) is 26.1. The maximum Gasteiger partial charge on any atom is 0.255 e. The minimum absolute atomic E-state index is 0.0211. The van der Waals surface area contributed by atoms with E-state index >= 15 is 0 Å². The lowest BCUT2D eigenvalue weighted by Crippen LogP contribution is -2.65. The summed E-state index contributed by atoms with van der Waals surface area (Å²) in [7, 11) is 19.8. The van der Waals surface area contributed by atoms with Crippen molar-refractivity contribution in [1.29, 1.82) is 5.26 Å². The molecule has 21 N–H and O–H groups in total. The van der Waals surface area contributed by atoms with Gasteiger partial charge in [-0.15, -0.1) is 0 Å². The van der Waals surface area contributed by atoms with Gasteiger partial charge >= 0.3 is 0 Å². The van der Waals surface area contributed by atoms with E-state index in [1.165, 1.54) is 42.9 Å². The summed E-state index contributed by atoms with van der Waals surface area (Å²) in [5.74, 6) is -25.9. The number of likely N-dealkylation sites (N-methyl/N-ethyl adjacent to an activating group) is 3. The number of primary amides is 3. The van der Waals surface area contributed by atoms with Crippen LogP contribution in [0.5, 0.6) is 17.2 Å². The number of aliphatic hydroxyl groups is 9. The predicted molar refractivity (Wildman–Crippen MR) is 457 cm³/mol. The normalized spacial score (nSPS) is 25.1. The van der Waals surface area contributed by atoms with Crippen molar-refractivity contribution in [1.82, 2.24) is 30.7 Å². The molecule has 129 heavy (non-hydrogen) atoms. The van der Waals surface area contributed by atoms with Crippen LogP contribution in [0.3, 0.4) is 0 Å². The Hall–Kier alpha value is -12.7. The van der Waals surface area contributed by atoms with E-state index in [0.717, 1.165) is 17.7 Å². The van der Waals surface area contributed by atoms with Gasteiger partial charge < -0.3 is 109 Å². The van der Waals surface area contributed by atoms with Crippen LogP contribution in [-0.4, -0.2) is 267 Å². The van der Waals surface area contributed by atoms with E-state index in [1.807, 2.05) is 31.1 Å². The highest BCUT2D eigenvalue weighted by Gasteiger charge is 2.68. The minimum atomic E-state index is -2.76. The number of nitrogens with one attached hydrogen (secondary N) is 3.